The highest BCUT2D eigenvalue weighted by atomic mass is 79.9. The van der Waals surface area contributed by atoms with Crippen LogP contribution in [0.3, 0.4) is 0 Å². The van der Waals surface area contributed by atoms with Gasteiger partial charge >= 0.3 is 0 Å². The van der Waals surface area contributed by atoms with E-state index in [1.54, 1.807) is 12.1 Å². The summed E-state index contributed by atoms with van der Waals surface area (Å²) in [5.74, 6) is -2.31. The second-order valence-corrected chi connectivity index (χ2v) is 13.4. The van der Waals surface area contributed by atoms with Gasteiger partial charge < -0.3 is 25.4 Å². The van der Waals surface area contributed by atoms with Crippen LogP contribution in [0.5, 0.6) is 0 Å². The lowest BCUT2D eigenvalue weighted by atomic mass is 9.70. The van der Waals surface area contributed by atoms with Crippen molar-refractivity contribution in [2.24, 2.45) is 17.3 Å². The Bertz CT molecular complexity index is 1010. The molecule has 198 valence electrons. The first-order valence-corrected chi connectivity index (χ1v) is 13.6. The average molecular weight is 565 g/mol. The number of aliphatic hydroxyl groups is 1. The smallest absolute Gasteiger partial charge is 0.246 e. The molecular formula is C27H38BrN3O5. The van der Waals surface area contributed by atoms with Gasteiger partial charge in [-0.05, 0) is 50.7 Å². The zero-order chi connectivity index (χ0) is 26.5. The number of benzene rings is 1. The Kier molecular flexibility index (Phi) is 7.31. The summed E-state index contributed by atoms with van der Waals surface area (Å²) < 4.78 is 6.50. The van der Waals surface area contributed by atoms with E-state index >= 15 is 0 Å². The van der Waals surface area contributed by atoms with Crippen molar-refractivity contribution in [2.45, 2.75) is 82.0 Å². The molecule has 3 unspecified atom stereocenters. The van der Waals surface area contributed by atoms with Gasteiger partial charge in [-0.1, -0.05) is 54.9 Å². The van der Waals surface area contributed by atoms with Crippen molar-refractivity contribution < 1.29 is 24.2 Å². The Labute approximate surface area is 221 Å². The predicted molar refractivity (Wildman–Crippen MR) is 140 cm³/mol. The van der Waals surface area contributed by atoms with Gasteiger partial charge in [-0.15, -0.1) is 0 Å². The number of carbonyl (C=O) groups excluding carboxylic acids is 3. The van der Waals surface area contributed by atoms with Gasteiger partial charge in [-0.2, -0.15) is 0 Å². The van der Waals surface area contributed by atoms with Crippen LogP contribution in [0.2, 0.25) is 0 Å². The van der Waals surface area contributed by atoms with E-state index in [9.17, 15) is 19.5 Å². The fraction of sp³-hybridized carbons (Fsp3) is 0.667. The lowest BCUT2D eigenvalue weighted by Crippen LogP contribution is -2.59. The fourth-order valence-electron chi connectivity index (χ4n) is 6.73. The fourth-order valence-corrected chi connectivity index (χ4v) is 7.67. The molecule has 3 aliphatic heterocycles. The van der Waals surface area contributed by atoms with Crippen LogP contribution in [0, 0.1) is 17.3 Å². The van der Waals surface area contributed by atoms with E-state index in [1.807, 2.05) is 32.0 Å². The highest BCUT2D eigenvalue weighted by Crippen LogP contribution is 2.60. The molecular weight excluding hydrogens is 526 g/mol. The summed E-state index contributed by atoms with van der Waals surface area (Å²) in [6, 6.07) is 8.25. The van der Waals surface area contributed by atoms with E-state index in [1.165, 1.54) is 4.90 Å². The Morgan fingerprint density at radius 2 is 1.83 bits per heavy atom. The van der Waals surface area contributed by atoms with Gasteiger partial charge in [0.05, 0.1) is 17.9 Å². The van der Waals surface area contributed by atoms with E-state index in [2.05, 4.69) is 47.3 Å². The predicted octanol–water partition coefficient (Wildman–Crippen LogP) is 3.09. The molecule has 3 saturated heterocycles. The normalized spacial score (nSPS) is 31.5. The molecule has 3 heterocycles. The van der Waals surface area contributed by atoms with Gasteiger partial charge in [-0.3, -0.25) is 14.4 Å². The van der Waals surface area contributed by atoms with E-state index < -0.39 is 35.1 Å². The molecule has 3 fully saturated rings. The summed E-state index contributed by atoms with van der Waals surface area (Å²) in [7, 11) is 0. The number of anilines is 1. The largest absolute Gasteiger partial charge is 0.396 e. The third kappa shape index (κ3) is 4.94. The number of para-hydroxylation sites is 1. The zero-order valence-corrected chi connectivity index (χ0v) is 23.3. The molecule has 2 bridgehead atoms. The topological polar surface area (TPSA) is 108 Å². The van der Waals surface area contributed by atoms with Gasteiger partial charge in [0, 0.05) is 29.2 Å². The standard InChI is InChI=1S/C27H38BrN3O5/c1-25(2,3)15-26(4,5)30-23(34)21-27-14-17(28)20(36-27)18(19(27)24(35)31(21)12-9-13-32)22(33)29-16-10-7-6-8-11-16/h6-8,10-11,17-21,32H,9,12-15H2,1-5H3,(H,29,33)(H,30,34)/t17?,18-,19+,20-,21?,27?/m1/s1. The van der Waals surface area contributed by atoms with E-state index in [0.29, 0.717) is 18.5 Å². The second kappa shape index (κ2) is 9.72. The lowest BCUT2D eigenvalue weighted by Gasteiger charge is -2.38. The molecule has 9 heteroatoms. The third-order valence-electron chi connectivity index (χ3n) is 7.37. The van der Waals surface area contributed by atoms with Crippen LogP contribution in [-0.4, -0.2) is 69.0 Å². The molecule has 0 aliphatic carbocycles. The number of aliphatic hydroxyl groups excluding tert-OH is 1. The molecule has 3 N–H and O–H groups in total. The molecule has 0 aromatic heterocycles. The van der Waals surface area contributed by atoms with Crippen molar-refractivity contribution in [3.8, 4) is 0 Å². The molecule has 0 saturated carbocycles. The summed E-state index contributed by atoms with van der Waals surface area (Å²) >= 11 is 3.68. The van der Waals surface area contributed by atoms with Crippen molar-refractivity contribution in [1.29, 1.82) is 0 Å². The van der Waals surface area contributed by atoms with E-state index in [0.717, 1.165) is 6.42 Å². The number of fused-ring (bicyclic) bond motifs is 1. The van der Waals surface area contributed by atoms with E-state index in [4.69, 9.17) is 4.74 Å². The van der Waals surface area contributed by atoms with Gasteiger partial charge in [-0.25, -0.2) is 0 Å². The summed E-state index contributed by atoms with van der Waals surface area (Å²) in [6.45, 7) is 10.4. The van der Waals surface area contributed by atoms with Crippen LogP contribution >= 0.6 is 15.9 Å². The Balaban J connectivity index is 1.67. The molecule has 36 heavy (non-hydrogen) atoms. The monoisotopic (exact) mass is 563 g/mol. The van der Waals surface area contributed by atoms with Crippen LogP contribution in [0.25, 0.3) is 0 Å². The van der Waals surface area contributed by atoms with Crippen molar-refractivity contribution in [3.63, 3.8) is 0 Å². The van der Waals surface area contributed by atoms with Crippen molar-refractivity contribution in [3.05, 3.63) is 30.3 Å². The summed E-state index contributed by atoms with van der Waals surface area (Å²) in [4.78, 5) is 42.6. The third-order valence-corrected chi connectivity index (χ3v) is 8.22. The average Bonchev–Trinajstić information content (AvgIpc) is 3.34. The molecule has 4 rings (SSSR count). The van der Waals surface area contributed by atoms with Crippen LogP contribution < -0.4 is 10.6 Å². The summed E-state index contributed by atoms with van der Waals surface area (Å²) in [5.41, 5.74) is -0.981. The molecule has 6 atom stereocenters. The number of halogens is 1. The summed E-state index contributed by atoms with van der Waals surface area (Å²) in [5, 5.41) is 15.6. The Morgan fingerprint density at radius 1 is 1.17 bits per heavy atom. The number of rotatable bonds is 8. The minimum Gasteiger partial charge on any atom is -0.396 e. The number of alkyl halides is 1. The number of nitrogens with zero attached hydrogens (tertiary/aromatic N) is 1. The number of hydrogen-bond donors (Lipinski definition) is 3. The minimum absolute atomic E-state index is 0.0104. The van der Waals surface area contributed by atoms with Crippen LogP contribution in [0.1, 0.15) is 53.9 Å². The molecule has 8 nitrogen and oxygen atoms in total. The summed E-state index contributed by atoms with van der Waals surface area (Å²) in [6.07, 6.45) is 1.02. The maximum Gasteiger partial charge on any atom is 0.246 e. The van der Waals surface area contributed by atoms with Crippen LogP contribution in [0.4, 0.5) is 5.69 Å². The number of nitrogens with one attached hydrogen (secondary N) is 2. The maximum atomic E-state index is 13.9. The number of likely N-dealkylation sites (tertiary alicyclic amines) is 1. The van der Waals surface area contributed by atoms with E-state index in [-0.39, 0.29) is 41.1 Å². The Morgan fingerprint density at radius 3 is 2.44 bits per heavy atom. The quantitative estimate of drug-likeness (QED) is 0.421. The van der Waals surface area contributed by atoms with Gasteiger partial charge in [0.15, 0.2) is 0 Å². The zero-order valence-electron chi connectivity index (χ0n) is 21.7. The van der Waals surface area contributed by atoms with Crippen molar-refractivity contribution in [1.82, 2.24) is 10.2 Å². The first-order chi connectivity index (χ1) is 16.8. The number of amides is 3. The maximum absolute atomic E-state index is 13.9. The Hall–Kier alpha value is -1.97. The SMILES string of the molecule is CC(C)(C)CC(C)(C)NC(=O)C1N(CCCO)C(=O)[C@@H]2[C@@H](C(=O)Nc3ccccc3)[C@@H]3OC12CC3Br. The van der Waals surface area contributed by atoms with Crippen molar-refractivity contribution >= 4 is 39.3 Å². The first-order valence-electron chi connectivity index (χ1n) is 12.7. The highest BCUT2D eigenvalue weighted by molar-refractivity contribution is 9.09. The molecule has 1 spiro atoms. The molecule has 0 radical (unpaired) electrons. The highest BCUT2D eigenvalue weighted by Gasteiger charge is 2.76. The number of ether oxygens (including phenoxy) is 1. The van der Waals surface area contributed by atoms with Crippen LogP contribution in [0.15, 0.2) is 30.3 Å². The molecule has 1 aromatic carbocycles. The van der Waals surface area contributed by atoms with Crippen LogP contribution in [-0.2, 0) is 19.1 Å². The second-order valence-electron chi connectivity index (χ2n) is 12.2. The lowest BCUT2D eigenvalue weighted by molar-refractivity contribution is -0.142. The number of carbonyl (C=O) groups is 3. The van der Waals surface area contributed by atoms with Gasteiger partial charge in [0.25, 0.3) is 0 Å². The molecule has 3 amide bonds. The number of hydrogen-bond acceptors (Lipinski definition) is 5. The van der Waals surface area contributed by atoms with Gasteiger partial charge in [0.2, 0.25) is 17.7 Å². The van der Waals surface area contributed by atoms with Gasteiger partial charge in [0.1, 0.15) is 11.6 Å². The molecule has 3 aliphatic rings. The van der Waals surface area contributed by atoms with Crippen molar-refractivity contribution in [2.75, 3.05) is 18.5 Å². The first kappa shape index (κ1) is 27.1. The molecule has 1 aromatic rings. The minimum atomic E-state index is -1.11.